The number of anilines is 1. The van der Waals surface area contributed by atoms with E-state index in [-0.39, 0.29) is 0 Å². The van der Waals surface area contributed by atoms with Crippen molar-refractivity contribution in [1.29, 1.82) is 0 Å². The molecule has 1 aliphatic heterocycles. The van der Waals surface area contributed by atoms with Gasteiger partial charge in [-0.3, -0.25) is 0 Å². The van der Waals surface area contributed by atoms with Gasteiger partial charge >= 0.3 is 0 Å². The van der Waals surface area contributed by atoms with Gasteiger partial charge in [-0.15, -0.1) is 0 Å². The highest BCUT2D eigenvalue weighted by molar-refractivity contribution is 9.10. The fraction of sp³-hybridized carbons (Fsp3) is 0.571. The second kappa shape index (κ2) is 6.55. The van der Waals surface area contributed by atoms with Crippen LogP contribution < -0.4 is 10.2 Å². The Kier molecular flexibility index (Phi) is 5.03. The summed E-state index contributed by atoms with van der Waals surface area (Å²) in [4.78, 5) is 2.49. The third-order valence-corrected chi connectivity index (χ3v) is 3.92. The zero-order chi connectivity index (χ0) is 13.0. The van der Waals surface area contributed by atoms with Gasteiger partial charge < -0.3 is 15.0 Å². The first-order chi connectivity index (χ1) is 8.72. The SMILES string of the molecule is CNCCC1COCCN1c1ccc(Br)cc1C. The van der Waals surface area contributed by atoms with Crippen molar-refractivity contribution < 1.29 is 4.74 Å². The van der Waals surface area contributed by atoms with Gasteiger partial charge in [0.1, 0.15) is 0 Å². The van der Waals surface area contributed by atoms with Crippen LogP contribution in [0, 0.1) is 6.92 Å². The molecule has 1 aromatic rings. The normalized spacial score (nSPS) is 20.2. The quantitative estimate of drug-likeness (QED) is 0.925. The fourth-order valence-electron chi connectivity index (χ4n) is 2.46. The molecule has 1 aromatic carbocycles. The Hall–Kier alpha value is -0.580. The van der Waals surface area contributed by atoms with E-state index in [0.717, 1.165) is 37.2 Å². The Balaban J connectivity index is 2.16. The van der Waals surface area contributed by atoms with E-state index in [0.29, 0.717) is 6.04 Å². The molecule has 18 heavy (non-hydrogen) atoms. The molecule has 2 rings (SSSR count). The Bertz CT molecular complexity index is 397. The Morgan fingerprint density at radius 2 is 2.33 bits per heavy atom. The number of rotatable bonds is 4. The van der Waals surface area contributed by atoms with Gasteiger partial charge in [0.25, 0.3) is 0 Å². The van der Waals surface area contributed by atoms with E-state index in [9.17, 15) is 0 Å². The lowest BCUT2D eigenvalue weighted by molar-refractivity contribution is 0.0916. The third kappa shape index (κ3) is 3.25. The average Bonchev–Trinajstić information content (AvgIpc) is 2.37. The molecule has 3 nitrogen and oxygen atoms in total. The van der Waals surface area contributed by atoms with E-state index in [1.54, 1.807) is 0 Å². The van der Waals surface area contributed by atoms with Crippen molar-refractivity contribution in [3.05, 3.63) is 28.2 Å². The number of nitrogens with one attached hydrogen (secondary N) is 1. The van der Waals surface area contributed by atoms with Crippen LogP contribution in [0.15, 0.2) is 22.7 Å². The first kappa shape index (κ1) is 13.8. The van der Waals surface area contributed by atoms with Gasteiger partial charge in [-0.1, -0.05) is 15.9 Å². The van der Waals surface area contributed by atoms with Crippen molar-refractivity contribution in [3.8, 4) is 0 Å². The summed E-state index contributed by atoms with van der Waals surface area (Å²) in [7, 11) is 2.00. The van der Waals surface area contributed by atoms with Crippen LogP contribution in [-0.4, -0.2) is 39.4 Å². The van der Waals surface area contributed by atoms with Crippen molar-refractivity contribution >= 4 is 21.6 Å². The first-order valence-electron chi connectivity index (χ1n) is 6.47. The van der Waals surface area contributed by atoms with Crippen LogP contribution >= 0.6 is 15.9 Å². The van der Waals surface area contributed by atoms with E-state index in [4.69, 9.17) is 4.74 Å². The molecule has 0 spiro atoms. The largest absolute Gasteiger partial charge is 0.377 e. The number of ether oxygens (including phenoxy) is 1. The van der Waals surface area contributed by atoms with Gasteiger partial charge in [-0.2, -0.15) is 0 Å². The minimum atomic E-state index is 0.478. The lowest BCUT2D eigenvalue weighted by Gasteiger charge is -2.38. The summed E-state index contributed by atoms with van der Waals surface area (Å²) in [6.45, 7) is 5.84. The Morgan fingerprint density at radius 3 is 3.06 bits per heavy atom. The molecule has 4 heteroatoms. The van der Waals surface area contributed by atoms with Crippen LogP contribution in [0.5, 0.6) is 0 Å². The summed E-state index contributed by atoms with van der Waals surface area (Å²) in [6.07, 6.45) is 1.12. The zero-order valence-corrected chi connectivity index (χ0v) is 12.7. The minimum Gasteiger partial charge on any atom is -0.377 e. The van der Waals surface area contributed by atoms with Crippen molar-refractivity contribution in [2.45, 2.75) is 19.4 Å². The van der Waals surface area contributed by atoms with E-state index < -0.39 is 0 Å². The zero-order valence-electron chi connectivity index (χ0n) is 11.1. The molecule has 0 aliphatic carbocycles. The van der Waals surface area contributed by atoms with Crippen molar-refractivity contribution in [2.75, 3.05) is 38.3 Å². The second-order valence-electron chi connectivity index (χ2n) is 4.75. The van der Waals surface area contributed by atoms with Crippen LogP contribution in [0.2, 0.25) is 0 Å². The average molecular weight is 313 g/mol. The van der Waals surface area contributed by atoms with Crippen LogP contribution in [0.1, 0.15) is 12.0 Å². The smallest absolute Gasteiger partial charge is 0.0671 e. The van der Waals surface area contributed by atoms with Crippen molar-refractivity contribution in [3.63, 3.8) is 0 Å². The molecule has 1 unspecified atom stereocenters. The maximum atomic E-state index is 5.62. The maximum absolute atomic E-state index is 5.62. The molecule has 0 saturated carbocycles. The van der Waals surface area contributed by atoms with Crippen molar-refractivity contribution in [2.24, 2.45) is 0 Å². The molecule has 1 N–H and O–H groups in total. The highest BCUT2D eigenvalue weighted by Crippen LogP contribution is 2.27. The molecule has 0 amide bonds. The molecule has 1 saturated heterocycles. The predicted molar refractivity (Wildman–Crippen MR) is 79.4 cm³/mol. The molecule has 1 aliphatic rings. The summed E-state index contributed by atoms with van der Waals surface area (Å²) < 4.78 is 6.76. The van der Waals surface area contributed by atoms with Gasteiger partial charge in [0, 0.05) is 16.7 Å². The lowest BCUT2D eigenvalue weighted by atomic mass is 10.1. The molecule has 0 aromatic heterocycles. The van der Waals surface area contributed by atoms with Gasteiger partial charge in [0.2, 0.25) is 0 Å². The van der Waals surface area contributed by atoms with Gasteiger partial charge in [-0.25, -0.2) is 0 Å². The molecule has 100 valence electrons. The summed E-state index contributed by atoms with van der Waals surface area (Å²) >= 11 is 3.52. The molecular weight excluding hydrogens is 292 g/mol. The summed E-state index contributed by atoms with van der Waals surface area (Å²) in [5.74, 6) is 0. The van der Waals surface area contributed by atoms with E-state index in [1.165, 1.54) is 11.3 Å². The van der Waals surface area contributed by atoms with Crippen LogP contribution in [0.25, 0.3) is 0 Å². The summed E-state index contributed by atoms with van der Waals surface area (Å²) in [6, 6.07) is 6.98. The highest BCUT2D eigenvalue weighted by Gasteiger charge is 2.23. The molecule has 1 fully saturated rings. The minimum absolute atomic E-state index is 0.478. The number of morpholine rings is 1. The lowest BCUT2D eigenvalue weighted by Crippen LogP contribution is -2.47. The number of halogens is 1. The second-order valence-corrected chi connectivity index (χ2v) is 5.66. The number of aryl methyl sites for hydroxylation is 1. The van der Waals surface area contributed by atoms with Crippen LogP contribution in [0.3, 0.4) is 0 Å². The van der Waals surface area contributed by atoms with Crippen molar-refractivity contribution in [1.82, 2.24) is 5.32 Å². The Morgan fingerprint density at radius 1 is 1.50 bits per heavy atom. The molecule has 1 atom stereocenters. The Labute approximate surface area is 118 Å². The van der Waals surface area contributed by atoms with Gasteiger partial charge in [-0.05, 0) is 50.7 Å². The van der Waals surface area contributed by atoms with Gasteiger partial charge in [0.15, 0.2) is 0 Å². The predicted octanol–water partition coefficient (Wildman–Crippen LogP) is 2.57. The van der Waals surface area contributed by atoms with Gasteiger partial charge in [0.05, 0.1) is 19.3 Å². The van der Waals surface area contributed by atoms with E-state index in [2.05, 4.69) is 51.3 Å². The van der Waals surface area contributed by atoms with Crippen LogP contribution in [-0.2, 0) is 4.74 Å². The standard InChI is InChI=1S/C14H21BrN2O/c1-11-9-12(15)3-4-14(11)17-7-8-18-10-13(17)5-6-16-2/h3-4,9,13,16H,5-8,10H2,1-2H3. The molecule has 0 bridgehead atoms. The number of nitrogens with zero attached hydrogens (tertiary/aromatic N) is 1. The molecule has 0 radical (unpaired) electrons. The number of benzene rings is 1. The number of hydrogen-bond acceptors (Lipinski definition) is 3. The summed E-state index contributed by atoms with van der Waals surface area (Å²) in [5.41, 5.74) is 2.66. The third-order valence-electron chi connectivity index (χ3n) is 3.42. The van der Waals surface area contributed by atoms with Crippen LogP contribution in [0.4, 0.5) is 5.69 Å². The van der Waals surface area contributed by atoms with E-state index >= 15 is 0 Å². The highest BCUT2D eigenvalue weighted by atomic mass is 79.9. The molecular formula is C14H21BrN2O. The first-order valence-corrected chi connectivity index (χ1v) is 7.27. The number of hydrogen-bond donors (Lipinski definition) is 1. The maximum Gasteiger partial charge on any atom is 0.0671 e. The topological polar surface area (TPSA) is 24.5 Å². The fourth-order valence-corrected chi connectivity index (χ4v) is 2.94. The monoisotopic (exact) mass is 312 g/mol. The summed E-state index contributed by atoms with van der Waals surface area (Å²) in [5, 5.41) is 3.22. The van der Waals surface area contributed by atoms with E-state index in [1.807, 2.05) is 7.05 Å². The molecule has 1 heterocycles.